The highest BCUT2D eigenvalue weighted by Gasteiger charge is 2.14. The van der Waals surface area contributed by atoms with Gasteiger partial charge < -0.3 is 4.57 Å². The highest BCUT2D eigenvalue weighted by Crippen LogP contribution is 2.27. The molecule has 0 amide bonds. The summed E-state index contributed by atoms with van der Waals surface area (Å²) >= 11 is 6.10. The standard InChI is InChI=1S/C17H11ClN4O2/c1-21-16-5-3-2-4-15(16)20-17(21)12(10-19)8-11-9-13(22(23)24)6-7-14(11)18/h2-9H,1H3/b12-8+. The van der Waals surface area contributed by atoms with Gasteiger partial charge in [-0.15, -0.1) is 0 Å². The second-order valence-electron chi connectivity index (χ2n) is 5.12. The van der Waals surface area contributed by atoms with Crippen molar-refractivity contribution in [3.8, 4) is 6.07 Å². The molecule has 0 fully saturated rings. The van der Waals surface area contributed by atoms with Crippen LogP contribution in [-0.4, -0.2) is 14.5 Å². The van der Waals surface area contributed by atoms with E-state index in [1.807, 2.05) is 31.3 Å². The van der Waals surface area contributed by atoms with Gasteiger partial charge in [0, 0.05) is 29.8 Å². The normalized spacial score (nSPS) is 11.5. The van der Waals surface area contributed by atoms with Gasteiger partial charge in [0.2, 0.25) is 0 Å². The summed E-state index contributed by atoms with van der Waals surface area (Å²) in [6.07, 6.45) is 1.51. The van der Waals surface area contributed by atoms with Crippen LogP contribution in [0.5, 0.6) is 0 Å². The van der Waals surface area contributed by atoms with E-state index in [1.165, 1.54) is 24.3 Å². The van der Waals surface area contributed by atoms with Crippen LogP contribution in [0.2, 0.25) is 5.02 Å². The van der Waals surface area contributed by atoms with Gasteiger partial charge in [-0.25, -0.2) is 4.98 Å². The summed E-state index contributed by atoms with van der Waals surface area (Å²) in [6, 6.07) is 13.7. The van der Waals surface area contributed by atoms with Gasteiger partial charge in [0.25, 0.3) is 5.69 Å². The molecule has 1 heterocycles. The first-order chi connectivity index (χ1) is 11.5. The van der Waals surface area contributed by atoms with Gasteiger partial charge in [0.05, 0.1) is 21.5 Å². The molecule has 7 heteroatoms. The number of nitro benzene ring substituents is 1. The Balaban J connectivity index is 2.16. The lowest BCUT2D eigenvalue weighted by atomic mass is 10.1. The molecule has 0 aliphatic rings. The van der Waals surface area contributed by atoms with Crippen molar-refractivity contribution in [2.24, 2.45) is 7.05 Å². The highest BCUT2D eigenvalue weighted by molar-refractivity contribution is 6.32. The number of imidazole rings is 1. The van der Waals surface area contributed by atoms with E-state index in [2.05, 4.69) is 11.1 Å². The molecule has 0 N–H and O–H groups in total. The van der Waals surface area contributed by atoms with E-state index >= 15 is 0 Å². The summed E-state index contributed by atoms with van der Waals surface area (Å²) in [5, 5.41) is 20.8. The van der Waals surface area contributed by atoms with Crippen molar-refractivity contribution in [1.29, 1.82) is 5.26 Å². The van der Waals surface area contributed by atoms with Crippen LogP contribution in [0.1, 0.15) is 11.4 Å². The van der Waals surface area contributed by atoms with E-state index in [-0.39, 0.29) is 11.3 Å². The van der Waals surface area contributed by atoms with Crippen LogP contribution < -0.4 is 0 Å². The number of nitriles is 1. The zero-order valence-corrected chi connectivity index (χ0v) is 13.4. The molecule has 0 atom stereocenters. The monoisotopic (exact) mass is 338 g/mol. The van der Waals surface area contributed by atoms with Crippen LogP contribution in [0.15, 0.2) is 42.5 Å². The van der Waals surface area contributed by atoms with E-state index in [4.69, 9.17) is 11.6 Å². The second kappa shape index (κ2) is 6.14. The fraction of sp³-hybridized carbons (Fsp3) is 0.0588. The summed E-state index contributed by atoms with van der Waals surface area (Å²) < 4.78 is 1.80. The van der Waals surface area contributed by atoms with Crippen molar-refractivity contribution in [3.63, 3.8) is 0 Å². The van der Waals surface area contributed by atoms with Crippen LogP contribution in [0.4, 0.5) is 5.69 Å². The molecule has 2 aromatic carbocycles. The van der Waals surface area contributed by atoms with Gasteiger partial charge >= 0.3 is 0 Å². The maximum absolute atomic E-state index is 10.9. The minimum absolute atomic E-state index is 0.0899. The van der Waals surface area contributed by atoms with E-state index in [9.17, 15) is 15.4 Å². The number of aromatic nitrogens is 2. The largest absolute Gasteiger partial charge is 0.327 e. The number of nitro groups is 1. The molecule has 0 saturated heterocycles. The van der Waals surface area contributed by atoms with Crippen LogP contribution in [0.25, 0.3) is 22.7 Å². The Morgan fingerprint density at radius 3 is 2.79 bits per heavy atom. The summed E-state index contributed by atoms with van der Waals surface area (Å²) in [7, 11) is 1.81. The Morgan fingerprint density at radius 1 is 1.38 bits per heavy atom. The number of non-ortho nitro benzene ring substituents is 1. The SMILES string of the molecule is Cn1c(/C(C#N)=C/c2cc([N+](=O)[O-])ccc2Cl)nc2ccccc21. The van der Waals surface area contributed by atoms with Gasteiger partial charge in [-0.1, -0.05) is 23.7 Å². The Bertz CT molecular complexity index is 1030. The number of hydrogen-bond donors (Lipinski definition) is 0. The third kappa shape index (κ3) is 2.73. The highest BCUT2D eigenvalue weighted by atomic mass is 35.5. The Morgan fingerprint density at radius 2 is 2.12 bits per heavy atom. The molecule has 0 unspecified atom stereocenters. The number of halogens is 1. The molecule has 1 aromatic heterocycles. The molecule has 118 valence electrons. The van der Waals surface area contributed by atoms with Crippen molar-refractivity contribution >= 4 is 40.0 Å². The maximum Gasteiger partial charge on any atom is 0.270 e. The Labute approximate surface area is 142 Å². The van der Waals surface area contributed by atoms with Crippen molar-refractivity contribution in [2.45, 2.75) is 0 Å². The number of allylic oxidation sites excluding steroid dienone is 1. The number of benzene rings is 2. The minimum atomic E-state index is -0.505. The van der Waals surface area contributed by atoms with Gasteiger partial charge in [-0.2, -0.15) is 5.26 Å². The molecule has 3 rings (SSSR count). The van der Waals surface area contributed by atoms with E-state index in [0.717, 1.165) is 11.0 Å². The molecule has 24 heavy (non-hydrogen) atoms. The minimum Gasteiger partial charge on any atom is -0.327 e. The Hall–Kier alpha value is -3.17. The lowest BCUT2D eigenvalue weighted by Crippen LogP contribution is -1.96. The van der Waals surface area contributed by atoms with Gasteiger partial charge in [0.1, 0.15) is 6.07 Å². The molecular weight excluding hydrogens is 328 g/mol. The first kappa shape index (κ1) is 15.7. The molecule has 6 nitrogen and oxygen atoms in total. The van der Waals surface area contributed by atoms with Crippen LogP contribution >= 0.6 is 11.6 Å². The number of para-hydroxylation sites is 2. The van der Waals surface area contributed by atoms with E-state index in [0.29, 0.717) is 16.4 Å². The predicted octanol–water partition coefficient (Wildman–Crippen LogP) is 4.20. The van der Waals surface area contributed by atoms with Crippen molar-refractivity contribution in [1.82, 2.24) is 9.55 Å². The van der Waals surface area contributed by atoms with Gasteiger partial charge in [-0.3, -0.25) is 10.1 Å². The number of nitrogens with zero attached hydrogens (tertiary/aromatic N) is 4. The molecule has 0 spiro atoms. The topological polar surface area (TPSA) is 84.8 Å². The fourth-order valence-electron chi connectivity index (χ4n) is 2.44. The Kier molecular flexibility index (Phi) is 4.02. The lowest BCUT2D eigenvalue weighted by Gasteiger charge is -2.03. The summed E-state index contributed by atoms with van der Waals surface area (Å²) in [6.45, 7) is 0. The third-order valence-corrected chi connectivity index (χ3v) is 3.98. The van der Waals surface area contributed by atoms with E-state index in [1.54, 1.807) is 4.57 Å². The molecular formula is C17H11ClN4O2. The maximum atomic E-state index is 10.9. The number of hydrogen-bond acceptors (Lipinski definition) is 4. The van der Waals surface area contributed by atoms with Gasteiger partial charge in [0.15, 0.2) is 5.82 Å². The van der Waals surface area contributed by atoms with E-state index < -0.39 is 4.92 Å². The molecule has 3 aromatic rings. The predicted molar refractivity (Wildman–Crippen MR) is 92.3 cm³/mol. The summed E-state index contributed by atoms with van der Waals surface area (Å²) in [5.74, 6) is 0.473. The smallest absolute Gasteiger partial charge is 0.270 e. The van der Waals surface area contributed by atoms with Crippen molar-refractivity contribution < 1.29 is 4.92 Å². The molecule has 0 saturated carbocycles. The number of aryl methyl sites for hydroxylation is 1. The number of rotatable bonds is 3. The summed E-state index contributed by atoms with van der Waals surface area (Å²) in [5.41, 5.74) is 2.23. The van der Waals surface area contributed by atoms with Gasteiger partial charge in [-0.05, 0) is 24.3 Å². The van der Waals surface area contributed by atoms with Crippen molar-refractivity contribution in [3.05, 3.63) is 69.0 Å². The molecule has 0 aliphatic carbocycles. The lowest BCUT2D eigenvalue weighted by molar-refractivity contribution is -0.384. The van der Waals surface area contributed by atoms with Crippen LogP contribution in [-0.2, 0) is 7.05 Å². The third-order valence-electron chi connectivity index (χ3n) is 3.64. The zero-order valence-electron chi connectivity index (χ0n) is 12.6. The zero-order chi connectivity index (χ0) is 17.3. The fourth-order valence-corrected chi connectivity index (χ4v) is 2.62. The first-order valence-corrected chi connectivity index (χ1v) is 7.36. The second-order valence-corrected chi connectivity index (χ2v) is 5.52. The molecule has 0 aliphatic heterocycles. The molecule has 0 radical (unpaired) electrons. The molecule has 0 bridgehead atoms. The summed E-state index contributed by atoms with van der Waals surface area (Å²) in [4.78, 5) is 14.9. The van der Waals surface area contributed by atoms with Crippen molar-refractivity contribution in [2.75, 3.05) is 0 Å². The van der Waals surface area contributed by atoms with Crippen LogP contribution in [0, 0.1) is 21.4 Å². The average Bonchev–Trinajstić information content (AvgIpc) is 2.91. The number of fused-ring (bicyclic) bond motifs is 1. The van der Waals surface area contributed by atoms with Crippen LogP contribution in [0.3, 0.4) is 0 Å². The quantitative estimate of drug-likeness (QED) is 0.407. The average molecular weight is 339 g/mol. The first-order valence-electron chi connectivity index (χ1n) is 6.99.